The summed E-state index contributed by atoms with van der Waals surface area (Å²) in [4.78, 5) is 0. The third-order valence-corrected chi connectivity index (χ3v) is 1.69. The molecule has 0 aliphatic rings. The second-order valence-corrected chi connectivity index (χ2v) is 3.96. The van der Waals surface area contributed by atoms with Crippen molar-refractivity contribution in [1.29, 1.82) is 0 Å². The predicted molar refractivity (Wildman–Crippen MR) is 66.5 cm³/mol. The lowest BCUT2D eigenvalue weighted by Crippen LogP contribution is -2.32. The van der Waals surface area contributed by atoms with E-state index in [1.807, 2.05) is 6.92 Å². The predicted octanol–water partition coefficient (Wildman–Crippen LogP) is 2.06. The second-order valence-electron chi connectivity index (χ2n) is 3.56. The van der Waals surface area contributed by atoms with Crippen LogP contribution in [0.5, 0.6) is 0 Å². The summed E-state index contributed by atoms with van der Waals surface area (Å²) in [6, 6.07) is 0. The van der Waals surface area contributed by atoms with Gasteiger partial charge in [-0.1, -0.05) is 19.9 Å². The summed E-state index contributed by atoms with van der Waals surface area (Å²) in [7, 11) is 0. The first kappa shape index (κ1) is 13.1. The summed E-state index contributed by atoms with van der Waals surface area (Å²) in [6.07, 6.45) is 2.73. The van der Waals surface area contributed by atoms with Gasteiger partial charge in [0.2, 0.25) is 0 Å². The monoisotopic (exact) mass is 213 g/mol. The summed E-state index contributed by atoms with van der Waals surface area (Å²) in [5, 5.41) is 7.62. The Bertz CT molecular complexity index is 221. The van der Waals surface area contributed by atoms with Crippen molar-refractivity contribution < 1.29 is 0 Å². The van der Waals surface area contributed by atoms with Gasteiger partial charge in [-0.25, -0.2) is 0 Å². The van der Waals surface area contributed by atoms with Crippen LogP contribution in [0.15, 0.2) is 17.8 Å². The van der Waals surface area contributed by atoms with Crippen LogP contribution in [0.25, 0.3) is 0 Å². The third-order valence-electron chi connectivity index (χ3n) is 1.46. The fourth-order valence-corrected chi connectivity index (χ4v) is 1.12. The van der Waals surface area contributed by atoms with Crippen molar-refractivity contribution in [3.63, 3.8) is 0 Å². The van der Waals surface area contributed by atoms with Gasteiger partial charge in [0.25, 0.3) is 0 Å². The molecule has 0 aromatic carbocycles. The lowest BCUT2D eigenvalue weighted by molar-refractivity contribution is 0.679. The molecule has 3 nitrogen and oxygen atoms in total. The Morgan fingerprint density at radius 2 is 2.21 bits per heavy atom. The van der Waals surface area contributed by atoms with E-state index in [4.69, 9.17) is 12.2 Å². The molecule has 0 amide bonds. The number of nitrogens with one attached hydrogen (secondary N) is 2. The van der Waals surface area contributed by atoms with E-state index in [2.05, 4.69) is 36.3 Å². The molecule has 0 bridgehead atoms. The van der Waals surface area contributed by atoms with Crippen molar-refractivity contribution in [1.82, 2.24) is 10.7 Å². The zero-order valence-corrected chi connectivity index (χ0v) is 9.95. The van der Waals surface area contributed by atoms with Crippen LogP contribution in [0, 0.1) is 5.92 Å². The summed E-state index contributed by atoms with van der Waals surface area (Å²) in [5.74, 6) is 0.621. The van der Waals surface area contributed by atoms with E-state index in [1.54, 1.807) is 6.08 Å². The zero-order chi connectivity index (χ0) is 11.0. The molecule has 2 N–H and O–H groups in total. The van der Waals surface area contributed by atoms with Gasteiger partial charge in [0.05, 0.1) is 0 Å². The molecule has 0 spiro atoms. The molecule has 0 radical (unpaired) electrons. The molecular formula is C10H19N3S. The third kappa shape index (κ3) is 7.73. The van der Waals surface area contributed by atoms with Crippen LogP contribution >= 0.6 is 12.2 Å². The highest BCUT2D eigenvalue weighted by Crippen LogP contribution is 2.00. The average Bonchev–Trinajstić information content (AvgIpc) is 2.10. The van der Waals surface area contributed by atoms with Crippen molar-refractivity contribution in [3.05, 3.63) is 12.7 Å². The minimum atomic E-state index is 0.535. The van der Waals surface area contributed by atoms with E-state index in [1.165, 1.54) is 0 Å². The first-order chi connectivity index (χ1) is 6.56. The molecule has 0 aromatic rings. The Morgan fingerprint density at radius 1 is 1.57 bits per heavy atom. The van der Waals surface area contributed by atoms with Gasteiger partial charge in [-0.15, -0.1) is 6.58 Å². The molecule has 0 atom stereocenters. The highest BCUT2D eigenvalue weighted by Gasteiger charge is 1.97. The summed E-state index contributed by atoms with van der Waals surface area (Å²) < 4.78 is 0. The molecule has 4 heteroatoms. The first-order valence-electron chi connectivity index (χ1n) is 4.74. The molecule has 0 saturated heterocycles. The number of hydrazone groups is 1. The Kier molecular flexibility index (Phi) is 7.02. The second kappa shape index (κ2) is 7.50. The minimum absolute atomic E-state index is 0.535. The molecule has 0 aliphatic heterocycles. The molecule has 0 heterocycles. The van der Waals surface area contributed by atoms with Gasteiger partial charge < -0.3 is 5.32 Å². The first-order valence-corrected chi connectivity index (χ1v) is 5.15. The van der Waals surface area contributed by atoms with Crippen LogP contribution in [0.3, 0.4) is 0 Å². The van der Waals surface area contributed by atoms with Crippen molar-refractivity contribution >= 4 is 23.0 Å². The van der Waals surface area contributed by atoms with Crippen LogP contribution in [0.4, 0.5) is 0 Å². The van der Waals surface area contributed by atoms with Crippen LogP contribution in [0.2, 0.25) is 0 Å². The zero-order valence-electron chi connectivity index (χ0n) is 9.13. The van der Waals surface area contributed by atoms with E-state index < -0.39 is 0 Å². The van der Waals surface area contributed by atoms with Crippen molar-refractivity contribution in [2.75, 3.05) is 6.54 Å². The smallest absolute Gasteiger partial charge is 0.187 e. The molecule has 0 aromatic heterocycles. The Labute approximate surface area is 91.7 Å². The van der Waals surface area contributed by atoms with E-state index >= 15 is 0 Å². The molecule has 0 unspecified atom stereocenters. The maximum atomic E-state index is 4.97. The fourth-order valence-electron chi connectivity index (χ4n) is 0.987. The summed E-state index contributed by atoms with van der Waals surface area (Å²) in [6.45, 7) is 10.5. The molecular weight excluding hydrogens is 194 g/mol. The van der Waals surface area contributed by atoms with Crippen LogP contribution < -0.4 is 10.7 Å². The van der Waals surface area contributed by atoms with Gasteiger partial charge in [0.1, 0.15) is 0 Å². The SMILES string of the molecule is C=CCNC(=S)NN=C(C)CC(C)C. The maximum Gasteiger partial charge on any atom is 0.187 e. The van der Waals surface area contributed by atoms with E-state index in [9.17, 15) is 0 Å². The van der Waals surface area contributed by atoms with Gasteiger partial charge in [-0.05, 0) is 31.5 Å². The lowest BCUT2D eigenvalue weighted by Gasteiger charge is -2.07. The van der Waals surface area contributed by atoms with E-state index in [0.717, 1.165) is 12.1 Å². The summed E-state index contributed by atoms with van der Waals surface area (Å²) >= 11 is 4.97. The standard InChI is InChI=1S/C10H19N3S/c1-5-6-11-10(14)13-12-9(4)7-8(2)3/h5,8H,1,6-7H2,2-4H3,(H2,11,13,14). The molecule has 0 aliphatic carbocycles. The number of nitrogens with zero attached hydrogens (tertiary/aromatic N) is 1. The minimum Gasteiger partial charge on any atom is -0.358 e. The Hall–Kier alpha value is -0.900. The van der Waals surface area contributed by atoms with Gasteiger partial charge in [0.15, 0.2) is 5.11 Å². The molecule has 0 fully saturated rings. The van der Waals surface area contributed by atoms with Crippen molar-refractivity contribution in [3.8, 4) is 0 Å². The van der Waals surface area contributed by atoms with Crippen LogP contribution in [-0.4, -0.2) is 17.4 Å². The van der Waals surface area contributed by atoms with E-state index in [-0.39, 0.29) is 0 Å². The van der Waals surface area contributed by atoms with E-state index in [0.29, 0.717) is 17.6 Å². The summed E-state index contributed by atoms with van der Waals surface area (Å²) in [5.41, 5.74) is 3.84. The number of hydrogen-bond acceptors (Lipinski definition) is 2. The normalized spacial score (nSPS) is 11.3. The highest BCUT2D eigenvalue weighted by molar-refractivity contribution is 7.80. The van der Waals surface area contributed by atoms with Crippen LogP contribution in [0.1, 0.15) is 27.2 Å². The largest absolute Gasteiger partial charge is 0.358 e. The molecule has 14 heavy (non-hydrogen) atoms. The molecule has 0 saturated carbocycles. The number of thiocarbonyl (C=S) groups is 1. The lowest BCUT2D eigenvalue weighted by atomic mass is 10.1. The van der Waals surface area contributed by atoms with Crippen molar-refractivity contribution in [2.24, 2.45) is 11.0 Å². The Balaban J connectivity index is 3.77. The fraction of sp³-hybridized carbons (Fsp3) is 0.600. The molecule has 80 valence electrons. The van der Waals surface area contributed by atoms with Gasteiger partial charge in [0, 0.05) is 12.3 Å². The molecule has 0 rings (SSSR count). The highest BCUT2D eigenvalue weighted by atomic mass is 32.1. The topological polar surface area (TPSA) is 36.4 Å². The number of hydrogen-bond donors (Lipinski definition) is 2. The average molecular weight is 213 g/mol. The van der Waals surface area contributed by atoms with Crippen molar-refractivity contribution in [2.45, 2.75) is 27.2 Å². The van der Waals surface area contributed by atoms with Gasteiger partial charge in [-0.3, -0.25) is 5.43 Å². The maximum absolute atomic E-state index is 4.97. The van der Waals surface area contributed by atoms with Gasteiger partial charge >= 0.3 is 0 Å². The Morgan fingerprint density at radius 3 is 2.71 bits per heavy atom. The quantitative estimate of drug-likeness (QED) is 0.318. The van der Waals surface area contributed by atoms with Crippen LogP contribution in [-0.2, 0) is 0 Å². The number of rotatable bonds is 5. The van der Waals surface area contributed by atoms with Gasteiger partial charge in [-0.2, -0.15) is 5.10 Å².